The molecule has 0 bridgehead atoms. The monoisotopic (exact) mass is 251 g/mol. The van der Waals surface area contributed by atoms with Crippen molar-refractivity contribution in [3.05, 3.63) is 45.8 Å². The number of hydrogen-bond donors (Lipinski definition) is 3. The van der Waals surface area contributed by atoms with Crippen LogP contribution in [0.1, 0.15) is 17.2 Å². The van der Waals surface area contributed by atoms with Crippen molar-refractivity contribution in [1.82, 2.24) is 0 Å². The normalized spacial score (nSPS) is 13.4. The lowest BCUT2D eigenvalue weighted by Gasteiger charge is -2.16. The summed E-state index contributed by atoms with van der Waals surface area (Å²) in [4.78, 5) is 13.0. The zero-order valence-corrected chi connectivity index (χ0v) is 9.47. The molecular formula is C11H13N3O4. The molecule has 0 aliphatic carbocycles. The Bertz CT molecular complexity index is 471. The van der Waals surface area contributed by atoms with E-state index < -0.39 is 18.2 Å². The second-order valence-corrected chi connectivity index (χ2v) is 3.74. The van der Waals surface area contributed by atoms with Gasteiger partial charge in [-0.15, -0.1) is 0 Å². The predicted octanol–water partition coefficient (Wildman–Crippen LogP) is 1.02. The van der Waals surface area contributed by atoms with Gasteiger partial charge in [-0.25, -0.2) is 0 Å². The van der Waals surface area contributed by atoms with E-state index in [0.717, 1.165) is 0 Å². The molecule has 0 spiro atoms. The SMILES string of the molecule is [N-]=[N+]=NCC(O)C(O)c1cccc(CC(=O)O)c1. The highest BCUT2D eigenvalue weighted by Gasteiger charge is 2.17. The molecule has 7 nitrogen and oxygen atoms in total. The minimum atomic E-state index is -1.22. The molecular weight excluding hydrogens is 238 g/mol. The topological polar surface area (TPSA) is 127 Å². The average molecular weight is 251 g/mol. The van der Waals surface area contributed by atoms with Crippen LogP contribution >= 0.6 is 0 Å². The summed E-state index contributed by atoms with van der Waals surface area (Å²) < 4.78 is 0. The van der Waals surface area contributed by atoms with Gasteiger partial charge in [0.1, 0.15) is 6.10 Å². The van der Waals surface area contributed by atoms with Crippen LogP contribution in [0.2, 0.25) is 0 Å². The highest BCUT2D eigenvalue weighted by Crippen LogP contribution is 2.18. The van der Waals surface area contributed by atoms with Crippen molar-refractivity contribution in [1.29, 1.82) is 0 Å². The van der Waals surface area contributed by atoms with Crippen LogP contribution in [0.4, 0.5) is 0 Å². The molecule has 0 fully saturated rings. The minimum absolute atomic E-state index is 0.160. The quantitative estimate of drug-likeness (QED) is 0.396. The molecule has 0 radical (unpaired) electrons. The van der Waals surface area contributed by atoms with Crippen LogP contribution in [0.15, 0.2) is 29.4 Å². The fraction of sp³-hybridized carbons (Fsp3) is 0.364. The Morgan fingerprint density at radius 3 is 2.78 bits per heavy atom. The molecule has 0 aliphatic heterocycles. The van der Waals surface area contributed by atoms with Gasteiger partial charge in [-0.05, 0) is 16.7 Å². The van der Waals surface area contributed by atoms with Crippen LogP contribution in [0.25, 0.3) is 10.4 Å². The molecule has 0 saturated carbocycles. The van der Waals surface area contributed by atoms with E-state index in [1.807, 2.05) is 0 Å². The number of rotatable bonds is 6. The third-order valence-electron chi connectivity index (χ3n) is 2.34. The van der Waals surface area contributed by atoms with E-state index in [1.165, 1.54) is 6.07 Å². The zero-order valence-electron chi connectivity index (χ0n) is 9.47. The summed E-state index contributed by atoms with van der Waals surface area (Å²) in [6, 6.07) is 6.27. The van der Waals surface area contributed by atoms with Crippen LogP contribution in [0, 0.1) is 0 Å². The summed E-state index contributed by atoms with van der Waals surface area (Å²) >= 11 is 0. The van der Waals surface area contributed by atoms with Crippen LogP contribution < -0.4 is 0 Å². The molecule has 7 heteroatoms. The van der Waals surface area contributed by atoms with Gasteiger partial charge in [0.05, 0.1) is 19.1 Å². The number of carboxylic acid groups (broad SMARTS) is 1. The number of hydrogen-bond acceptors (Lipinski definition) is 4. The van der Waals surface area contributed by atoms with Crippen molar-refractivity contribution >= 4 is 5.97 Å². The van der Waals surface area contributed by atoms with Crippen molar-refractivity contribution in [3.8, 4) is 0 Å². The second-order valence-electron chi connectivity index (χ2n) is 3.74. The third-order valence-corrected chi connectivity index (χ3v) is 2.34. The second kappa shape index (κ2) is 6.61. The number of benzene rings is 1. The molecule has 2 unspecified atom stereocenters. The molecule has 18 heavy (non-hydrogen) atoms. The van der Waals surface area contributed by atoms with E-state index in [1.54, 1.807) is 18.2 Å². The fourth-order valence-electron chi connectivity index (χ4n) is 1.50. The van der Waals surface area contributed by atoms with Gasteiger partial charge in [0.2, 0.25) is 0 Å². The molecule has 0 aliphatic rings. The van der Waals surface area contributed by atoms with Gasteiger partial charge in [0, 0.05) is 4.91 Å². The van der Waals surface area contributed by atoms with Crippen LogP contribution in [0.5, 0.6) is 0 Å². The van der Waals surface area contributed by atoms with Crippen molar-refractivity contribution in [3.63, 3.8) is 0 Å². The summed E-state index contributed by atoms with van der Waals surface area (Å²) in [6.07, 6.45) is -2.60. The van der Waals surface area contributed by atoms with Crippen LogP contribution in [0.3, 0.4) is 0 Å². The van der Waals surface area contributed by atoms with Gasteiger partial charge in [-0.1, -0.05) is 29.4 Å². The first-order valence-electron chi connectivity index (χ1n) is 5.22. The molecule has 96 valence electrons. The summed E-state index contributed by atoms with van der Waals surface area (Å²) in [7, 11) is 0. The molecule has 1 aromatic rings. The Morgan fingerprint density at radius 1 is 1.44 bits per heavy atom. The largest absolute Gasteiger partial charge is 0.481 e. The van der Waals surface area contributed by atoms with Crippen molar-refractivity contribution in [2.24, 2.45) is 5.11 Å². The van der Waals surface area contributed by atoms with E-state index in [4.69, 9.17) is 10.6 Å². The number of carboxylic acids is 1. The Hall–Kier alpha value is -2.08. The van der Waals surface area contributed by atoms with Gasteiger partial charge >= 0.3 is 5.97 Å². The Labute approximate surface area is 103 Å². The fourth-order valence-corrected chi connectivity index (χ4v) is 1.50. The maximum absolute atomic E-state index is 10.6. The number of aliphatic hydroxyl groups is 2. The summed E-state index contributed by atoms with van der Waals surface area (Å²) in [6.45, 7) is -0.249. The van der Waals surface area contributed by atoms with Gasteiger partial charge in [-0.3, -0.25) is 4.79 Å². The number of aliphatic carboxylic acids is 1. The van der Waals surface area contributed by atoms with Crippen molar-refractivity contribution in [2.75, 3.05) is 6.54 Å². The molecule has 1 aromatic carbocycles. The molecule has 0 heterocycles. The number of nitrogens with zero attached hydrogens (tertiary/aromatic N) is 3. The first-order chi connectivity index (χ1) is 8.54. The summed E-state index contributed by atoms with van der Waals surface area (Å²) in [5.41, 5.74) is 9.02. The first kappa shape index (κ1) is 14.0. The van der Waals surface area contributed by atoms with Gasteiger partial charge in [0.15, 0.2) is 0 Å². The predicted molar refractivity (Wildman–Crippen MR) is 62.8 cm³/mol. The molecule has 0 saturated heterocycles. The highest BCUT2D eigenvalue weighted by molar-refractivity contribution is 5.70. The van der Waals surface area contributed by atoms with Crippen molar-refractivity contribution in [2.45, 2.75) is 18.6 Å². The minimum Gasteiger partial charge on any atom is -0.481 e. The van der Waals surface area contributed by atoms with Crippen molar-refractivity contribution < 1.29 is 20.1 Å². The van der Waals surface area contributed by atoms with E-state index in [9.17, 15) is 15.0 Å². The molecule has 1 rings (SSSR count). The molecule has 0 aromatic heterocycles. The van der Waals surface area contributed by atoms with E-state index in [-0.39, 0.29) is 13.0 Å². The average Bonchev–Trinajstić information content (AvgIpc) is 2.34. The Kier molecular flexibility index (Phi) is 5.13. The van der Waals surface area contributed by atoms with Gasteiger partial charge in [-0.2, -0.15) is 0 Å². The highest BCUT2D eigenvalue weighted by atomic mass is 16.4. The Balaban J connectivity index is 2.81. The van der Waals surface area contributed by atoms with E-state index >= 15 is 0 Å². The summed E-state index contributed by atoms with van der Waals surface area (Å²) in [5, 5.41) is 31.2. The Morgan fingerprint density at radius 2 is 2.17 bits per heavy atom. The summed E-state index contributed by atoms with van der Waals surface area (Å²) in [5.74, 6) is -0.976. The number of azide groups is 1. The van der Waals surface area contributed by atoms with Crippen LogP contribution in [-0.2, 0) is 11.2 Å². The van der Waals surface area contributed by atoms with Crippen LogP contribution in [-0.4, -0.2) is 33.9 Å². The standard InChI is InChI=1S/C11H13N3O4/c12-14-13-6-9(15)11(18)8-3-1-2-7(4-8)5-10(16)17/h1-4,9,11,15,18H,5-6H2,(H,16,17). The van der Waals surface area contributed by atoms with E-state index in [0.29, 0.717) is 11.1 Å². The lowest BCUT2D eigenvalue weighted by molar-refractivity contribution is -0.136. The van der Waals surface area contributed by atoms with Gasteiger partial charge in [0.25, 0.3) is 0 Å². The molecule has 0 amide bonds. The molecule has 2 atom stereocenters. The number of aliphatic hydroxyl groups excluding tert-OH is 2. The first-order valence-corrected chi connectivity index (χ1v) is 5.22. The smallest absolute Gasteiger partial charge is 0.307 e. The maximum Gasteiger partial charge on any atom is 0.307 e. The third kappa shape index (κ3) is 4.06. The lowest BCUT2D eigenvalue weighted by Crippen LogP contribution is -2.21. The zero-order chi connectivity index (χ0) is 13.5. The number of carbonyl (C=O) groups is 1. The van der Waals surface area contributed by atoms with Gasteiger partial charge < -0.3 is 15.3 Å². The maximum atomic E-state index is 10.6. The lowest BCUT2D eigenvalue weighted by atomic mass is 10.0. The van der Waals surface area contributed by atoms with E-state index in [2.05, 4.69) is 10.0 Å². The molecule has 3 N–H and O–H groups in total.